The number of ether oxygens (including phenoxy) is 1. The monoisotopic (exact) mass is 506 g/mol. The Hall–Kier alpha value is -2.91. The number of halogens is 2. The number of benzene rings is 3. The SMILES string of the molecule is CCOc1ccc(S(=O)(=O)N(CC(=O)Nc2ccc(Br)cc2F)c2ccccc2)cc1. The van der Waals surface area contributed by atoms with E-state index in [-0.39, 0.29) is 10.6 Å². The Kier molecular flexibility index (Phi) is 7.29. The second-order valence-electron chi connectivity index (χ2n) is 6.42. The van der Waals surface area contributed by atoms with Crippen molar-refractivity contribution in [3.8, 4) is 5.75 Å². The Morgan fingerprint density at radius 1 is 1.06 bits per heavy atom. The van der Waals surface area contributed by atoms with E-state index in [1.165, 1.54) is 24.3 Å². The molecule has 3 rings (SSSR count). The first kappa shape index (κ1) is 22.8. The molecule has 1 N–H and O–H groups in total. The Bertz CT molecular complexity index is 1160. The topological polar surface area (TPSA) is 75.7 Å². The molecule has 31 heavy (non-hydrogen) atoms. The van der Waals surface area contributed by atoms with E-state index in [1.807, 2.05) is 6.92 Å². The number of nitrogens with one attached hydrogen (secondary N) is 1. The van der Waals surface area contributed by atoms with E-state index in [4.69, 9.17) is 4.74 Å². The number of sulfonamides is 1. The van der Waals surface area contributed by atoms with Gasteiger partial charge in [-0.15, -0.1) is 0 Å². The van der Waals surface area contributed by atoms with Crippen molar-refractivity contribution in [3.05, 3.63) is 83.1 Å². The third-order valence-electron chi connectivity index (χ3n) is 4.26. The number of carbonyl (C=O) groups excluding carboxylic acids is 1. The molecule has 3 aromatic carbocycles. The van der Waals surface area contributed by atoms with E-state index >= 15 is 0 Å². The van der Waals surface area contributed by atoms with E-state index in [1.54, 1.807) is 48.5 Å². The molecule has 3 aromatic rings. The Labute approximate surface area is 188 Å². The van der Waals surface area contributed by atoms with Crippen LogP contribution in [0.2, 0.25) is 0 Å². The summed E-state index contributed by atoms with van der Waals surface area (Å²) in [6, 6.07) is 18.4. The average molecular weight is 507 g/mol. The van der Waals surface area contributed by atoms with Crippen LogP contribution in [0.4, 0.5) is 15.8 Å². The van der Waals surface area contributed by atoms with Crippen LogP contribution in [0.1, 0.15) is 6.92 Å². The van der Waals surface area contributed by atoms with E-state index in [9.17, 15) is 17.6 Å². The fraction of sp³-hybridized carbons (Fsp3) is 0.136. The van der Waals surface area contributed by atoms with Crippen LogP contribution in [0, 0.1) is 5.82 Å². The van der Waals surface area contributed by atoms with Gasteiger partial charge in [-0.05, 0) is 61.5 Å². The van der Waals surface area contributed by atoms with Crippen molar-refractivity contribution in [2.24, 2.45) is 0 Å². The van der Waals surface area contributed by atoms with Crippen molar-refractivity contribution in [1.82, 2.24) is 0 Å². The van der Waals surface area contributed by atoms with Gasteiger partial charge in [-0.1, -0.05) is 34.1 Å². The molecular formula is C22H20BrFN2O4S. The Balaban J connectivity index is 1.90. The molecule has 9 heteroatoms. The summed E-state index contributed by atoms with van der Waals surface area (Å²) in [7, 11) is -4.07. The summed E-state index contributed by atoms with van der Waals surface area (Å²) < 4.78 is 47.6. The maximum absolute atomic E-state index is 14.1. The Morgan fingerprint density at radius 2 is 1.74 bits per heavy atom. The lowest BCUT2D eigenvalue weighted by Crippen LogP contribution is -2.38. The molecule has 0 saturated carbocycles. The van der Waals surface area contributed by atoms with Crippen molar-refractivity contribution in [1.29, 1.82) is 0 Å². The van der Waals surface area contributed by atoms with Gasteiger partial charge in [0, 0.05) is 4.47 Å². The summed E-state index contributed by atoms with van der Waals surface area (Å²) >= 11 is 3.15. The normalized spacial score (nSPS) is 11.1. The summed E-state index contributed by atoms with van der Waals surface area (Å²) in [6.45, 7) is 1.75. The van der Waals surface area contributed by atoms with Crippen molar-refractivity contribution in [3.63, 3.8) is 0 Å². The molecule has 0 aliphatic carbocycles. The van der Waals surface area contributed by atoms with Crippen LogP contribution < -0.4 is 14.4 Å². The summed E-state index contributed by atoms with van der Waals surface area (Å²) in [4.78, 5) is 12.6. The van der Waals surface area contributed by atoms with Gasteiger partial charge in [0.15, 0.2) is 0 Å². The van der Waals surface area contributed by atoms with Crippen LogP contribution >= 0.6 is 15.9 Å². The number of rotatable bonds is 8. The zero-order valence-corrected chi connectivity index (χ0v) is 19.0. The molecule has 0 radical (unpaired) electrons. The van der Waals surface area contributed by atoms with Crippen molar-refractivity contribution >= 4 is 43.2 Å². The highest BCUT2D eigenvalue weighted by Gasteiger charge is 2.27. The fourth-order valence-electron chi connectivity index (χ4n) is 2.82. The quantitative estimate of drug-likeness (QED) is 0.475. The maximum Gasteiger partial charge on any atom is 0.264 e. The van der Waals surface area contributed by atoms with Crippen LogP contribution in [0.5, 0.6) is 5.75 Å². The Morgan fingerprint density at radius 3 is 2.35 bits per heavy atom. The van der Waals surface area contributed by atoms with Gasteiger partial charge in [0.05, 0.1) is 22.9 Å². The smallest absolute Gasteiger partial charge is 0.264 e. The molecule has 1 amide bonds. The molecule has 0 fully saturated rings. The summed E-state index contributed by atoms with van der Waals surface area (Å²) in [6.07, 6.45) is 0. The zero-order valence-electron chi connectivity index (χ0n) is 16.6. The lowest BCUT2D eigenvalue weighted by Gasteiger charge is -2.24. The molecule has 0 aliphatic rings. The second-order valence-corrected chi connectivity index (χ2v) is 9.20. The number of anilines is 2. The number of para-hydroxylation sites is 1. The van der Waals surface area contributed by atoms with E-state index in [2.05, 4.69) is 21.2 Å². The first-order chi connectivity index (χ1) is 14.8. The largest absolute Gasteiger partial charge is 0.494 e. The molecule has 6 nitrogen and oxygen atoms in total. The molecule has 0 aliphatic heterocycles. The van der Waals surface area contributed by atoms with Gasteiger partial charge >= 0.3 is 0 Å². The van der Waals surface area contributed by atoms with Crippen LogP contribution in [-0.2, 0) is 14.8 Å². The number of carbonyl (C=O) groups is 1. The number of nitrogens with zero attached hydrogens (tertiary/aromatic N) is 1. The highest BCUT2D eigenvalue weighted by atomic mass is 79.9. The molecule has 0 spiro atoms. The second kappa shape index (κ2) is 9.93. The van der Waals surface area contributed by atoms with Crippen molar-refractivity contribution < 1.29 is 22.3 Å². The summed E-state index contributed by atoms with van der Waals surface area (Å²) in [5.74, 6) is -0.779. The third kappa shape index (κ3) is 5.62. The zero-order chi connectivity index (χ0) is 22.4. The minimum Gasteiger partial charge on any atom is -0.494 e. The number of hydrogen-bond donors (Lipinski definition) is 1. The minimum absolute atomic E-state index is 0.00225. The van der Waals surface area contributed by atoms with Gasteiger partial charge in [-0.25, -0.2) is 12.8 Å². The van der Waals surface area contributed by atoms with E-state index < -0.39 is 28.3 Å². The van der Waals surface area contributed by atoms with Gasteiger partial charge < -0.3 is 10.1 Å². The molecular weight excluding hydrogens is 487 g/mol. The highest BCUT2D eigenvalue weighted by Crippen LogP contribution is 2.26. The first-order valence-corrected chi connectivity index (χ1v) is 11.6. The lowest BCUT2D eigenvalue weighted by molar-refractivity contribution is -0.114. The van der Waals surface area contributed by atoms with Crippen LogP contribution in [0.25, 0.3) is 0 Å². The third-order valence-corrected chi connectivity index (χ3v) is 6.54. The van der Waals surface area contributed by atoms with E-state index in [0.717, 1.165) is 4.31 Å². The standard InChI is InChI=1S/C22H20BrFN2O4S/c1-2-30-18-9-11-19(12-10-18)31(28,29)26(17-6-4-3-5-7-17)15-22(27)25-21-13-8-16(23)14-20(21)24/h3-14H,2,15H2,1H3,(H,25,27). The number of amides is 1. The number of hydrogen-bond acceptors (Lipinski definition) is 4. The molecule has 162 valence electrons. The average Bonchev–Trinajstić information content (AvgIpc) is 2.75. The van der Waals surface area contributed by atoms with Crippen LogP contribution in [0.15, 0.2) is 82.2 Å². The van der Waals surface area contributed by atoms with Crippen molar-refractivity contribution in [2.45, 2.75) is 11.8 Å². The van der Waals surface area contributed by atoms with Gasteiger partial charge in [-0.2, -0.15) is 0 Å². The van der Waals surface area contributed by atoms with E-state index in [0.29, 0.717) is 22.5 Å². The minimum atomic E-state index is -4.07. The molecule has 0 atom stereocenters. The van der Waals surface area contributed by atoms with Crippen molar-refractivity contribution in [2.75, 3.05) is 22.8 Å². The van der Waals surface area contributed by atoms with Crippen LogP contribution in [-0.4, -0.2) is 27.5 Å². The van der Waals surface area contributed by atoms with Gasteiger partial charge in [0.1, 0.15) is 18.1 Å². The molecule has 0 heterocycles. The highest BCUT2D eigenvalue weighted by molar-refractivity contribution is 9.10. The van der Waals surface area contributed by atoms with Gasteiger partial charge in [0.25, 0.3) is 10.0 Å². The summed E-state index contributed by atoms with van der Waals surface area (Å²) in [5.41, 5.74) is 0.266. The predicted octanol–water partition coefficient (Wildman–Crippen LogP) is 4.82. The van der Waals surface area contributed by atoms with Gasteiger partial charge in [0.2, 0.25) is 5.91 Å². The first-order valence-electron chi connectivity index (χ1n) is 9.37. The molecule has 0 unspecified atom stereocenters. The van der Waals surface area contributed by atoms with Crippen LogP contribution in [0.3, 0.4) is 0 Å². The molecule has 0 bridgehead atoms. The maximum atomic E-state index is 14.1. The lowest BCUT2D eigenvalue weighted by atomic mass is 10.3. The molecule has 0 saturated heterocycles. The van der Waals surface area contributed by atoms with Gasteiger partial charge in [-0.3, -0.25) is 9.10 Å². The summed E-state index contributed by atoms with van der Waals surface area (Å²) in [5, 5.41) is 2.43. The molecule has 0 aromatic heterocycles. The predicted molar refractivity (Wildman–Crippen MR) is 121 cm³/mol. The fourth-order valence-corrected chi connectivity index (χ4v) is 4.58.